The van der Waals surface area contributed by atoms with Crippen LogP contribution < -0.4 is 10.8 Å². The van der Waals surface area contributed by atoms with Gasteiger partial charge in [-0.05, 0) is 39.0 Å². The van der Waals surface area contributed by atoms with Gasteiger partial charge in [-0.15, -0.1) is 0 Å². The van der Waals surface area contributed by atoms with E-state index in [1.54, 1.807) is 0 Å². The third kappa shape index (κ3) is 3.31. The number of fused-ring (bicyclic) bond motifs is 1. The van der Waals surface area contributed by atoms with Crippen LogP contribution in [-0.2, 0) is 14.4 Å². The molecule has 4 aliphatic rings. The molecule has 3 saturated heterocycles. The van der Waals surface area contributed by atoms with E-state index in [-0.39, 0.29) is 29.6 Å². The Morgan fingerprint density at radius 1 is 1.38 bits per heavy atom. The summed E-state index contributed by atoms with van der Waals surface area (Å²) < 4.78 is 20.1. The summed E-state index contributed by atoms with van der Waals surface area (Å²) >= 11 is 0. The fourth-order valence-corrected chi connectivity index (χ4v) is 4.71. The molecule has 4 rings (SSSR count). The van der Waals surface area contributed by atoms with Crippen LogP contribution in [0, 0.1) is 5.92 Å². The third-order valence-corrected chi connectivity index (χ3v) is 5.97. The molecule has 3 aliphatic heterocycles. The van der Waals surface area contributed by atoms with Crippen molar-refractivity contribution in [3.63, 3.8) is 0 Å². The lowest BCUT2D eigenvalue weighted by Gasteiger charge is -2.35. The summed E-state index contributed by atoms with van der Waals surface area (Å²) in [5, 5.41) is 3.02. The number of carbonyl (C=O) groups excluding carboxylic acids is 1. The van der Waals surface area contributed by atoms with E-state index in [9.17, 15) is 9.18 Å². The van der Waals surface area contributed by atoms with Crippen LogP contribution in [0.25, 0.3) is 0 Å². The van der Waals surface area contributed by atoms with Crippen molar-refractivity contribution in [2.75, 3.05) is 26.2 Å². The van der Waals surface area contributed by atoms with E-state index in [0.29, 0.717) is 31.8 Å². The van der Waals surface area contributed by atoms with E-state index in [2.05, 4.69) is 22.6 Å². The molecule has 1 aliphatic carbocycles. The molecule has 1 amide bonds. The molecule has 24 heavy (non-hydrogen) atoms. The molecule has 0 aromatic rings. The van der Waals surface area contributed by atoms with Crippen LogP contribution in [0.3, 0.4) is 0 Å². The Hall–Kier alpha value is -0.760. The van der Waals surface area contributed by atoms with E-state index in [4.69, 9.17) is 9.57 Å². The number of alkyl halides is 1. The number of carbonyl (C=O) groups is 1. The van der Waals surface area contributed by atoms with Crippen LogP contribution in [0.2, 0.25) is 0 Å². The average molecular weight is 341 g/mol. The molecule has 0 aromatic carbocycles. The second kappa shape index (κ2) is 6.52. The Kier molecular flexibility index (Phi) is 4.53. The Labute approximate surface area is 142 Å². The summed E-state index contributed by atoms with van der Waals surface area (Å²) in [4.78, 5) is 20.2. The lowest BCUT2D eigenvalue weighted by atomic mass is 9.84. The second-order valence-corrected chi connectivity index (χ2v) is 8.04. The molecule has 1 saturated carbocycles. The number of hydroxylamine groups is 1. The highest BCUT2D eigenvalue weighted by Gasteiger charge is 2.48. The minimum atomic E-state index is -0.870. The average Bonchev–Trinajstić information content (AvgIpc) is 3.10. The van der Waals surface area contributed by atoms with Crippen molar-refractivity contribution in [2.45, 2.75) is 69.1 Å². The van der Waals surface area contributed by atoms with E-state index < -0.39 is 6.17 Å². The minimum absolute atomic E-state index is 0.0302. The quantitative estimate of drug-likeness (QED) is 0.777. The first kappa shape index (κ1) is 16.7. The topological polar surface area (TPSA) is 62.8 Å². The molecule has 0 aromatic heterocycles. The summed E-state index contributed by atoms with van der Waals surface area (Å²) in [5.74, 6) is -0.356. The van der Waals surface area contributed by atoms with Crippen molar-refractivity contribution >= 4 is 5.91 Å². The molecule has 4 fully saturated rings. The molecular weight excluding hydrogens is 313 g/mol. The molecule has 7 heteroatoms. The molecule has 0 bridgehead atoms. The highest BCUT2D eigenvalue weighted by Crippen LogP contribution is 2.37. The molecule has 6 atom stereocenters. The van der Waals surface area contributed by atoms with Gasteiger partial charge in [0.25, 0.3) is 0 Å². The SMILES string of the molecule is CC1CC(CN2CC[C@]3(CNC(=O)C4CC(F)CCC4O3)C2)NO1. The summed E-state index contributed by atoms with van der Waals surface area (Å²) in [6.45, 7) is 5.33. The van der Waals surface area contributed by atoms with Crippen molar-refractivity contribution < 1.29 is 18.8 Å². The number of hydrogen-bond acceptors (Lipinski definition) is 5. The number of halogens is 1. The van der Waals surface area contributed by atoms with Crippen molar-refractivity contribution in [3.05, 3.63) is 0 Å². The standard InChI is InChI=1S/C17H28FN3O3/c1-11-6-13(20-24-11)8-21-5-4-17(10-21)9-19-16(22)14-7-12(18)2-3-15(14)23-17/h11-15,20H,2-10H2,1H3,(H,19,22)/t11?,12?,13?,14?,15?,17-/m0/s1. The van der Waals surface area contributed by atoms with Gasteiger partial charge in [-0.3, -0.25) is 14.5 Å². The first-order valence-electron chi connectivity index (χ1n) is 9.26. The lowest BCUT2D eigenvalue weighted by Crippen LogP contribution is -2.47. The largest absolute Gasteiger partial charge is 0.368 e. The molecule has 6 nitrogen and oxygen atoms in total. The molecule has 5 unspecified atom stereocenters. The number of rotatable bonds is 2. The Morgan fingerprint density at radius 2 is 2.25 bits per heavy atom. The fourth-order valence-electron chi connectivity index (χ4n) is 4.71. The highest BCUT2D eigenvalue weighted by molar-refractivity contribution is 5.79. The zero-order valence-electron chi connectivity index (χ0n) is 14.3. The Bertz CT molecular complexity index is 494. The van der Waals surface area contributed by atoms with E-state index in [0.717, 1.165) is 32.5 Å². The van der Waals surface area contributed by atoms with Gasteiger partial charge in [0.05, 0.1) is 23.7 Å². The van der Waals surface area contributed by atoms with E-state index >= 15 is 0 Å². The van der Waals surface area contributed by atoms with E-state index in [1.165, 1.54) is 0 Å². The van der Waals surface area contributed by atoms with Crippen molar-refractivity contribution in [1.29, 1.82) is 0 Å². The second-order valence-electron chi connectivity index (χ2n) is 8.04. The lowest BCUT2D eigenvalue weighted by molar-refractivity contribution is -0.136. The first-order chi connectivity index (χ1) is 11.5. The predicted molar refractivity (Wildman–Crippen MR) is 86.0 cm³/mol. The molecule has 3 heterocycles. The summed E-state index contributed by atoms with van der Waals surface area (Å²) in [5.41, 5.74) is 2.78. The van der Waals surface area contributed by atoms with Crippen molar-refractivity contribution in [2.24, 2.45) is 5.92 Å². The molecule has 136 valence electrons. The van der Waals surface area contributed by atoms with Crippen LogP contribution in [0.5, 0.6) is 0 Å². The first-order valence-corrected chi connectivity index (χ1v) is 9.26. The fraction of sp³-hybridized carbons (Fsp3) is 0.941. The van der Waals surface area contributed by atoms with Gasteiger partial charge < -0.3 is 10.1 Å². The highest BCUT2D eigenvalue weighted by atomic mass is 19.1. The molecule has 2 N–H and O–H groups in total. The molecule has 0 radical (unpaired) electrons. The van der Waals surface area contributed by atoms with Crippen LogP contribution >= 0.6 is 0 Å². The van der Waals surface area contributed by atoms with Gasteiger partial charge in [-0.25, -0.2) is 4.39 Å². The van der Waals surface area contributed by atoms with E-state index in [1.807, 2.05) is 0 Å². The number of nitrogens with zero attached hydrogens (tertiary/aromatic N) is 1. The van der Waals surface area contributed by atoms with Crippen LogP contribution in [0.1, 0.15) is 39.0 Å². The van der Waals surface area contributed by atoms with Gasteiger partial charge in [0.1, 0.15) is 6.17 Å². The maximum atomic E-state index is 13.7. The Balaban J connectivity index is 1.39. The third-order valence-electron chi connectivity index (χ3n) is 5.97. The van der Waals surface area contributed by atoms with Crippen molar-refractivity contribution in [1.82, 2.24) is 15.7 Å². The molecular formula is C17H28FN3O3. The van der Waals surface area contributed by atoms with Crippen LogP contribution in [-0.4, -0.2) is 67.0 Å². The van der Waals surface area contributed by atoms with Crippen LogP contribution in [0.15, 0.2) is 0 Å². The number of nitrogens with one attached hydrogen (secondary N) is 2. The van der Waals surface area contributed by atoms with Gasteiger partial charge in [0.2, 0.25) is 5.91 Å². The van der Waals surface area contributed by atoms with Gasteiger partial charge in [-0.2, -0.15) is 5.48 Å². The summed E-state index contributed by atoms with van der Waals surface area (Å²) in [6.07, 6.45) is 2.65. The summed E-state index contributed by atoms with van der Waals surface area (Å²) in [7, 11) is 0. The number of ether oxygens (including phenoxy) is 1. The van der Waals surface area contributed by atoms with Crippen molar-refractivity contribution in [3.8, 4) is 0 Å². The monoisotopic (exact) mass is 341 g/mol. The Morgan fingerprint density at radius 3 is 3.04 bits per heavy atom. The number of amides is 1. The number of hydrogen-bond donors (Lipinski definition) is 2. The van der Waals surface area contributed by atoms with Gasteiger partial charge in [0.15, 0.2) is 0 Å². The minimum Gasteiger partial charge on any atom is -0.368 e. The molecule has 1 spiro atoms. The normalized spacial score (nSPS) is 46.8. The van der Waals surface area contributed by atoms with Gasteiger partial charge >= 0.3 is 0 Å². The van der Waals surface area contributed by atoms with Crippen LogP contribution in [0.4, 0.5) is 4.39 Å². The van der Waals surface area contributed by atoms with Gasteiger partial charge in [-0.1, -0.05) is 0 Å². The maximum absolute atomic E-state index is 13.7. The zero-order valence-corrected chi connectivity index (χ0v) is 14.3. The maximum Gasteiger partial charge on any atom is 0.225 e. The summed E-state index contributed by atoms with van der Waals surface area (Å²) in [6, 6.07) is 0.352. The predicted octanol–water partition coefficient (Wildman–Crippen LogP) is 0.766. The smallest absolute Gasteiger partial charge is 0.225 e. The number of likely N-dealkylation sites (tertiary alicyclic amines) is 1. The van der Waals surface area contributed by atoms with Gasteiger partial charge in [0, 0.05) is 32.2 Å². The zero-order chi connectivity index (χ0) is 16.7.